The number of hydrogen-bond donors (Lipinski definition) is 1. The number of nitrogens with zero attached hydrogens (tertiary/aromatic N) is 5. The van der Waals surface area contributed by atoms with Crippen molar-refractivity contribution in [2.45, 2.75) is 39.1 Å². The zero-order valence-electron chi connectivity index (χ0n) is 17.5. The predicted molar refractivity (Wildman–Crippen MR) is 115 cm³/mol. The van der Waals surface area contributed by atoms with Crippen LogP contribution in [-0.4, -0.2) is 42.4 Å². The Morgan fingerprint density at radius 1 is 1.16 bits per heavy atom. The monoisotopic (exact) mass is 440 g/mol. The quantitative estimate of drug-likeness (QED) is 0.405. The lowest BCUT2D eigenvalue weighted by molar-refractivity contribution is 0.0585. The summed E-state index contributed by atoms with van der Waals surface area (Å²) < 4.78 is 24.0. The molecule has 4 aromatic rings. The summed E-state index contributed by atoms with van der Waals surface area (Å²) >= 11 is 0. The number of rotatable bonds is 8. The van der Waals surface area contributed by atoms with Gasteiger partial charge in [-0.2, -0.15) is 4.98 Å². The van der Waals surface area contributed by atoms with E-state index in [1.54, 1.807) is 18.5 Å². The summed E-state index contributed by atoms with van der Waals surface area (Å²) in [5.41, 5.74) is 3.03. The van der Waals surface area contributed by atoms with Crippen molar-refractivity contribution >= 4 is 19.1 Å². The van der Waals surface area contributed by atoms with Crippen LogP contribution in [0.1, 0.15) is 26.3 Å². The first kappa shape index (κ1) is 21.2. The van der Waals surface area contributed by atoms with Gasteiger partial charge in [-0.25, -0.2) is 4.68 Å². The molecule has 0 aliphatic carbocycles. The predicted octanol–water partition coefficient (Wildman–Crippen LogP) is 4.20. The molecule has 1 atom stereocenters. The summed E-state index contributed by atoms with van der Waals surface area (Å²) in [6.07, 6.45) is 0.370. The van der Waals surface area contributed by atoms with Gasteiger partial charge in [0.25, 0.3) is 5.89 Å². The fourth-order valence-electron chi connectivity index (χ4n) is 3.14. The van der Waals surface area contributed by atoms with Crippen LogP contribution >= 0.6 is 8.03 Å². The number of hydrogen-bond acceptors (Lipinski definition) is 8. The van der Waals surface area contributed by atoms with Crippen molar-refractivity contribution in [2.75, 3.05) is 6.61 Å². The van der Waals surface area contributed by atoms with Crippen LogP contribution in [0.3, 0.4) is 0 Å². The molecular weight excluding hydrogens is 417 g/mol. The third kappa shape index (κ3) is 5.02. The molecule has 9 nitrogen and oxygen atoms in total. The Hall–Kier alpha value is -3.00. The Morgan fingerprint density at radius 2 is 1.90 bits per heavy atom. The second-order valence-corrected chi connectivity index (χ2v) is 9.03. The zero-order chi connectivity index (χ0) is 22.0. The van der Waals surface area contributed by atoms with Crippen molar-refractivity contribution in [2.24, 2.45) is 0 Å². The van der Waals surface area contributed by atoms with Crippen molar-refractivity contribution in [3.8, 4) is 22.8 Å². The largest absolute Gasteiger partial charge is 0.512 e. The lowest BCUT2D eigenvalue weighted by atomic mass is 10.1. The topological polar surface area (TPSA) is 116 Å². The Labute approximate surface area is 179 Å². The molecule has 4 rings (SSSR count). The molecule has 160 valence electrons. The van der Waals surface area contributed by atoms with Crippen molar-refractivity contribution in [1.29, 1.82) is 0 Å². The highest BCUT2D eigenvalue weighted by molar-refractivity contribution is 7.38. The molecule has 2 aromatic carbocycles. The minimum absolute atomic E-state index is 0.336. The van der Waals surface area contributed by atoms with Gasteiger partial charge in [0.05, 0.1) is 24.3 Å². The van der Waals surface area contributed by atoms with Crippen LogP contribution in [0.25, 0.3) is 33.9 Å². The summed E-state index contributed by atoms with van der Waals surface area (Å²) in [4.78, 5) is 4.49. The van der Waals surface area contributed by atoms with Gasteiger partial charge in [-0.3, -0.25) is 0 Å². The van der Waals surface area contributed by atoms with E-state index < -0.39 is 13.6 Å². The van der Waals surface area contributed by atoms with E-state index in [1.807, 2.05) is 49.4 Å². The van der Waals surface area contributed by atoms with Crippen LogP contribution in [0.5, 0.6) is 0 Å². The molecule has 31 heavy (non-hydrogen) atoms. The van der Waals surface area contributed by atoms with Crippen LogP contribution in [0.2, 0.25) is 0 Å². The molecule has 0 radical (unpaired) electrons. The second-order valence-electron chi connectivity index (χ2n) is 7.79. The first-order valence-corrected chi connectivity index (χ1v) is 11.3. The number of benzene rings is 2. The average molecular weight is 440 g/mol. The molecule has 0 saturated heterocycles. The van der Waals surface area contributed by atoms with Gasteiger partial charge >= 0.3 is 8.03 Å². The molecule has 0 aliphatic rings. The summed E-state index contributed by atoms with van der Waals surface area (Å²) in [5, 5.41) is 22.4. The second kappa shape index (κ2) is 8.63. The summed E-state index contributed by atoms with van der Waals surface area (Å²) in [5.74, 6) is 0.832. The molecule has 0 spiro atoms. The van der Waals surface area contributed by atoms with Gasteiger partial charge in [-0.15, -0.1) is 9.62 Å². The Bertz CT molecular complexity index is 1210. The SMILES string of the molecule is CCO[P+](=O)Cc1ccc(-c2noc(-c3ccc4c(c3)nnn4CC(C)(C)O)n2)cc1. The van der Waals surface area contributed by atoms with Crippen molar-refractivity contribution < 1.29 is 18.7 Å². The maximum atomic E-state index is 11.8. The average Bonchev–Trinajstić information content (AvgIpc) is 3.35. The first-order valence-electron chi connectivity index (χ1n) is 9.89. The van der Waals surface area contributed by atoms with E-state index in [1.165, 1.54) is 0 Å². The summed E-state index contributed by atoms with van der Waals surface area (Å²) in [6.45, 7) is 6.03. The zero-order valence-corrected chi connectivity index (χ0v) is 18.4. The summed E-state index contributed by atoms with van der Waals surface area (Å²) in [7, 11) is -1.69. The van der Waals surface area contributed by atoms with Crippen molar-refractivity contribution in [3.05, 3.63) is 48.0 Å². The van der Waals surface area contributed by atoms with Crippen molar-refractivity contribution in [3.63, 3.8) is 0 Å². The Balaban J connectivity index is 1.53. The highest BCUT2D eigenvalue weighted by Gasteiger charge is 2.19. The van der Waals surface area contributed by atoms with Crippen LogP contribution in [0, 0.1) is 0 Å². The van der Waals surface area contributed by atoms with E-state index in [9.17, 15) is 9.67 Å². The molecule has 0 fully saturated rings. The van der Waals surface area contributed by atoms with Crippen molar-refractivity contribution in [1.82, 2.24) is 25.1 Å². The maximum absolute atomic E-state index is 11.8. The first-order chi connectivity index (χ1) is 14.8. The smallest absolute Gasteiger partial charge is 0.389 e. The molecule has 0 bridgehead atoms. The standard InChI is InChI=1S/C21H23N5O4P/c1-4-29-31(28)12-14-5-7-15(8-6-14)19-22-20(30-24-19)16-9-10-18-17(11-16)23-25-26(18)13-21(2,3)27/h5-11,27H,4,12-13H2,1-3H3/q+1. The Kier molecular flexibility index (Phi) is 5.91. The van der Waals surface area contributed by atoms with Gasteiger partial charge in [0, 0.05) is 16.7 Å². The molecule has 2 heterocycles. The van der Waals surface area contributed by atoms with Gasteiger partial charge in [0.15, 0.2) is 0 Å². The normalized spacial score (nSPS) is 12.5. The molecule has 2 aromatic heterocycles. The van der Waals surface area contributed by atoms with Crippen LogP contribution in [-0.2, 0) is 21.8 Å². The number of aliphatic hydroxyl groups is 1. The minimum atomic E-state index is -1.69. The van der Waals surface area contributed by atoms with Crippen LogP contribution in [0.4, 0.5) is 0 Å². The highest BCUT2D eigenvalue weighted by atomic mass is 31.1. The van der Waals surface area contributed by atoms with Gasteiger partial charge < -0.3 is 9.63 Å². The third-order valence-corrected chi connectivity index (χ3v) is 5.69. The van der Waals surface area contributed by atoms with Gasteiger partial charge in [-0.05, 0) is 43.5 Å². The van der Waals surface area contributed by atoms with Crippen LogP contribution in [0.15, 0.2) is 47.0 Å². The van der Waals surface area contributed by atoms with Gasteiger partial charge in [-0.1, -0.05) is 34.6 Å². The van der Waals surface area contributed by atoms with E-state index in [0.29, 0.717) is 36.5 Å². The van der Waals surface area contributed by atoms with Gasteiger partial charge in [0.1, 0.15) is 5.52 Å². The fraction of sp³-hybridized carbons (Fsp3) is 0.333. The minimum Gasteiger partial charge on any atom is -0.389 e. The van der Waals surface area contributed by atoms with Gasteiger partial charge in [0.2, 0.25) is 12.0 Å². The molecular formula is C21H23N5O4P+. The molecule has 1 unspecified atom stereocenters. The van der Waals surface area contributed by atoms with E-state index in [2.05, 4.69) is 20.5 Å². The van der Waals surface area contributed by atoms with E-state index in [-0.39, 0.29) is 0 Å². The number of fused-ring (bicyclic) bond motifs is 1. The lowest BCUT2D eigenvalue weighted by Crippen LogP contribution is -2.26. The highest BCUT2D eigenvalue weighted by Crippen LogP contribution is 2.29. The summed E-state index contributed by atoms with van der Waals surface area (Å²) in [6, 6.07) is 13.0. The lowest BCUT2D eigenvalue weighted by Gasteiger charge is -2.16. The van der Waals surface area contributed by atoms with E-state index in [0.717, 1.165) is 22.2 Å². The molecule has 1 N–H and O–H groups in total. The third-order valence-electron chi connectivity index (χ3n) is 4.52. The molecule has 0 saturated carbocycles. The van der Waals surface area contributed by atoms with Crippen LogP contribution < -0.4 is 0 Å². The maximum Gasteiger partial charge on any atom is 0.512 e. The molecule has 10 heteroatoms. The fourth-order valence-corrected chi connectivity index (χ4v) is 4.03. The van der Waals surface area contributed by atoms with E-state index >= 15 is 0 Å². The Morgan fingerprint density at radius 3 is 2.61 bits per heavy atom. The van der Waals surface area contributed by atoms with E-state index in [4.69, 9.17) is 9.05 Å². The molecule has 0 amide bonds. The number of aromatic nitrogens is 5. The molecule has 0 aliphatic heterocycles.